The first-order valence-corrected chi connectivity index (χ1v) is 7.19. The summed E-state index contributed by atoms with van der Waals surface area (Å²) in [5, 5.41) is 5.67. The predicted octanol–water partition coefficient (Wildman–Crippen LogP) is 1.46. The van der Waals surface area contributed by atoms with Crippen LogP contribution in [0, 0.1) is 17.8 Å². The van der Waals surface area contributed by atoms with Crippen molar-refractivity contribution in [1.29, 1.82) is 0 Å². The highest BCUT2D eigenvalue weighted by Crippen LogP contribution is 2.29. The van der Waals surface area contributed by atoms with Crippen molar-refractivity contribution >= 4 is 11.8 Å². The highest BCUT2D eigenvalue weighted by Gasteiger charge is 2.27. The number of hydrogen-bond acceptors (Lipinski definition) is 2. The lowest BCUT2D eigenvalue weighted by molar-refractivity contribution is -0.126. The zero-order chi connectivity index (χ0) is 13.0. The van der Waals surface area contributed by atoms with E-state index in [1.165, 1.54) is 25.7 Å². The van der Waals surface area contributed by atoms with Crippen molar-refractivity contribution in [2.75, 3.05) is 13.1 Å². The Bertz CT molecular complexity index is 309. The molecule has 4 nitrogen and oxygen atoms in total. The first-order valence-electron chi connectivity index (χ1n) is 7.19. The molecule has 4 heteroatoms. The molecule has 1 unspecified atom stereocenters. The number of carbonyl (C=O) groups excluding carboxylic acids is 2. The largest absolute Gasteiger partial charge is 0.356 e. The average molecular weight is 252 g/mol. The van der Waals surface area contributed by atoms with Gasteiger partial charge in [0.2, 0.25) is 11.8 Å². The Balaban J connectivity index is 1.60. The number of amides is 2. The van der Waals surface area contributed by atoms with Gasteiger partial charge in [-0.25, -0.2) is 0 Å². The molecule has 0 radical (unpaired) electrons. The van der Waals surface area contributed by atoms with Crippen molar-refractivity contribution in [3.05, 3.63) is 0 Å². The molecular formula is C14H24N2O2. The van der Waals surface area contributed by atoms with E-state index in [0.29, 0.717) is 13.0 Å². The minimum absolute atomic E-state index is 0.00332. The Hall–Kier alpha value is -1.06. The smallest absolute Gasteiger partial charge is 0.225 e. The van der Waals surface area contributed by atoms with Crippen molar-refractivity contribution in [3.63, 3.8) is 0 Å². The van der Waals surface area contributed by atoms with Gasteiger partial charge in [0.15, 0.2) is 0 Å². The fourth-order valence-electron chi connectivity index (χ4n) is 2.95. The molecule has 0 aromatic carbocycles. The maximum absolute atomic E-state index is 11.8. The summed E-state index contributed by atoms with van der Waals surface area (Å²) in [6.07, 6.45) is 6.72. The van der Waals surface area contributed by atoms with E-state index in [1.807, 2.05) is 0 Å². The normalized spacial score (nSPS) is 32.1. The summed E-state index contributed by atoms with van der Waals surface area (Å²) in [7, 11) is 0. The second-order valence-corrected chi connectivity index (χ2v) is 5.91. The van der Waals surface area contributed by atoms with Crippen LogP contribution in [0.1, 0.15) is 45.4 Å². The molecule has 2 amide bonds. The Morgan fingerprint density at radius 3 is 2.67 bits per heavy atom. The summed E-state index contributed by atoms with van der Waals surface area (Å²) >= 11 is 0. The van der Waals surface area contributed by atoms with E-state index in [-0.39, 0.29) is 17.7 Å². The van der Waals surface area contributed by atoms with Crippen LogP contribution in [0.15, 0.2) is 0 Å². The van der Waals surface area contributed by atoms with Gasteiger partial charge in [-0.2, -0.15) is 0 Å². The van der Waals surface area contributed by atoms with E-state index in [9.17, 15) is 9.59 Å². The van der Waals surface area contributed by atoms with Crippen LogP contribution < -0.4 is 10.6 Å². The summed E-state index contributed by atoms with van der Waals surface area (Å²) in [5.74, 6) is 1.55. The molecule has 2 N–H and O–H groups in total. The zero-order valence-corrected chi connectivity index (χ0v) is 11.2. The summed E-state index contributed by atoms with van der Waals surface area (Å²) in [4.78, 5) is 22.8. The molecule has 1 saturated heterocycles. The fourth-order valence-corrected chi connectivity index (χ4v) is 2.95. The van der Waals surface area contributed by atoms with Gasteiger partial charge in [0, 0.05) is 19.5 Å². The SMILES string of the molecule is CC1CCC(CCNC(=O)C2CNC(=O)C2)CC1. The Morgan fingerprint density at radius 2 is 2.06 bits per heavy atom. The second kappa shape index (κ2) is 6.21. The first-order chi connectivity index (χ1) is 8.65. The monoisotopic (exact) mass is 252 g/mol. The van der Waals surface area contributed by atoms with Crippen LogP contribution in [0.4, 0.5) is 0 Å². The molecule has 1 aliphatic heterocycles. The van der Waals surface area contributed by atoms with Gasteiger partial charge in [0.25, 0.3) is 0 Å². The summed E-state index contributed by atoms with van der Waals surface area (Å²) in [6.45, 7) is 3.59. The zero-order valence-electron chi connectivity index (χ0n) is 11.2. The molecule has 1 atom stereocenters. The van der Waals surface area contributed by atoms with Gasteiger partial charge < -0.3 is 10.6 Å². The highest BCUT2D eigenvalue weighted by molar-refractivity contribution is 5.89. The highest BCUT2D eigenvalue weighted by atomic mass is 16.2. The molecular weight excluding hydrogens is 228 g/mol. The van der Waals surface area contributed by atoms with Gasteiger partial charge in [-0.1, -0.05) is 32.6 Å². The van der Waals surface area contributed by atoms with Gasteiger partial charge in [0.05, 0.1) is 5.92 Å². The van der Waals surface area contributed by atoms with Crippen LogP contribution in [0.25, 0.3) is 0 Å². The first kappa shape index (κ1) is 13.4. The van der Waals surface area contributed by atoms with Gasteiger partial charge in [0.1, 0.15) is 0 Å². The number of rotatable bonds is 4. The van der Waals surface area contributed by atoms with Crippen molar-refractivity contribution < 1.29 is 9.59 Å². The van der Waals surface area contributed by atoms with Crippen LogP contribution in [-0.4, -0.2) is 24.9 Å². The van der Waals surface area contributed by atoms with Gasteiger partial charge in [-0.05, 0) is 18.3 Å². The second-order valence-electron chi connectivity index (χ2n) is 5.91. The predicted molar refractivity (Wildman–Crippen MR) is 69.9 cm³/mol. The third-order valence-electron chi connectivity index (χ3n) is 4.34. The summed E-state index contributed by atoms with van der Waals surface area (Å²) in [5.41, 5.74) is 0. The minimum Gasteiger partial charge on any atom is -0.356 e. The lowest BCUT2D eigenvalue weighted by Crippen LogP contribution is -2.33. The quantitative estimate of drug-likeness (QED) is 0.795. The summed E-state index contributed by atoms with van der Waals surface area (Å²) < 4.78 is 0. The maximum atomic E-state index is 11.8. The molecule has 0 aromatic heterocycles. The third kappa shape index (κ3) is 3.72. The van der Waals surface area contributed by atoms with E-state index >= 15 is 0 Å². The average Bonchev–Trinajstić information content (AvgIpc) is 2.78. The molecule has 0 bridgehead atoms. The van der Waals surface area contributed by atoms with Crippen molar-refractivity contribution in [2.45, 2.75) is 45.4 Å². The van der Waals surface area contributed by atoms with Crippen molar-refractivity contribution in [3.8, 4) is 0 Å². The van der Waals surface area contributed by atoms with Crippen LogP contribution in [0.2, 0.25) is 0 Å². The minimum atomic E-state index is -0.149. The molecule has 1 aliphatic carbocycles. The third-order valence-corrected chi connectivity index (χ3v) is 4.34. The number of nitrogens with one attached hydrogen (secondary N) is 2. The van der Waals surface area contributed by atoms with E-state index in [4.69, 9.17) is 0 Å². The lowest BCUT2D eigenvalue weighted by Gasteiger charge is -2.26. The Labute approximate surface area is 109 Å². The maximum Gasteiger partial charge on any atom is 0.225 e. The molecule has 2 rings (SSSR count). The van der Waals surface area contributed by atoms with Gasteiger partial charge in [-0.15, -0.1) is 0 Å². The van der Waals surface area contributed by atoms with E-state index < -0.39 is 0 Å². The van der Waals surface area contributed by atoms with Crippen LogP contribution in [0.5, 0.6) is 0 Å². The van der Waals surface area contributed by atoms with Crippen molar-refractivity contribution in [2.24, 2.45) is 17.8 Å². The summed E-state index contributed by atoms with van der Waals surface area (Å²) in [6, 6.07) is 0. The van der Waals surface area contributed by atoms with Gasteiger partial charge >= 0.3 is 0 Å². The molecule has 2 aliphatic rings. The molecule has 1 heterocycles. The topological polar surface area (TPSA) is 58.2 Å². The molecule has 2 fully saturated rings. The molecule has 0 aromatic rings. The standard InChI is InChI=1S/C14H24N2O2/c1-10-2-4-11(5-3-10)6-7-15-14(18)12-8-13(17)16-9-12/h10-12H,2-9H2,1H3,(H,15,18)(H,16,17). The lowest BCUT2D eigenvalue weighted by atomic mass is 9.81. The Kier molecular flexibility index (Phi) is 4.61. The molecule has 0 spiro atoms. The van der Waals surface area contributed by atoms with Crippen LogP contribution in [0.3, 0.4) is 0 Å². The van der Waals surface area contributed by atoms with Crippen molar-refractivity contribution in [1.82, 2.24) is 10.6 Å². The number of carbonyl (C=O) groups is 2. The molecule has 18 heavy (non-hydrogen) atoms. The van der Waals surface area contributed by atoms with Crippen LogP contribution >= 0.6 is 0 Å². The Morgan fingerprint density at radius 1 is 1.33 bits per heavy atom. The molecule has 1 saturated carbocycles. The van der Waals surface area contributed by atoms with E-state index in [0.717, 1.165) is 24.8 Å². The number of hydrogen-bond donors (Lipinski definition) is 2. The molecule has 102 valence electrons. The van der Waals surface area contributed by atoms with Crippen LogP contribution in [-0.2, 0) is 9.59 Å². The fraction of sp³-hybridized carbons (Fsp3) is 0.857. The van der Waals surface area contributed by atoms with E-state index in [1.54, 1.807) is 0 Å². The van der Waals surface area contributed by atoms with Gasteiger partial charge in [-0.3, -0.25) is 9.59 Å². The van der Waals surface area contributed by atoms with E-state index in [2.05, 4.69) is 17.6 Å².